The first kappa shape index (κ1) is 60.3. The fourth-order valence-corrected chi connectivity index (χ4v) is 14.1. The number of rotatable bonds is 17. The first-order valence-corrected chi connectivity index (χ1v) is 26.7. The summed E-state index contributed by atoms with van der Waals surface area (Å²) in [4.78, 5) is 82.6. The maximum absolute atomic E-state index is 12.8. The average molecular weight is 1060 g/mol. The summed E-state index contributed by atoms with van der Waals surface area (Å²) >= 11 is 5.22. The maximum atomic E-state index is 12.8. The van der Waals surface area contributed by atoms with Gasteiger partial charge in [-0.05, 0) is 87.2 Å². The third-order valence-electron chi connectivity index (χ3n) is 11.2. The summed E-state index contributed by atoms with van der Waals surface area (Å²) < 4.78 is 8.84. The standard InChI is InChI=1S/C23H25NO4S2.C15H13NO3.C8H13ClOS2.CH2O3.2K.H/c25-21(9-5-4-8-17-13-15-29-30-17)28-23(27)18-12-14-24-19(18)10-11-20(24)22(26)16-6-2-1-3-7-16;17-14(10-4-2-1-3-5-10)13-7-6-12-11(15(18)19)8-9-16(12)13;9-8(10)4-2-1-3-7-5-6-11-12-7;2-1-4-3;;;/h1-3,6-7,10-11,17-18H,4-5,8-9,12-15H2;1-7,11H,8-9H2,(H,18,19);7H,1-6H2;1,3H;;;/q;;;;2*+1;-1/p-1/t17-,18?;;7-;;;;/m1.1..../s1. The largest absolute Gasteiger partial charge is 1.00 e. The molecule has 4 aliphatic rings. The molecule has 4 aliphatic heterocycles. The van der Waals surface area contributed by atoms with Gasteiger partial charge in [-0.15, -0.1) is 0 Å². The normalized spacial score (nSPS) is 18.3. The second-order valence-electron chi connectivity index (χ2n) is 15.5. The number of halogens is 1. The number of hydrogen-bond donors (Lipinski definition) is 1. The van der Waals surface area contributed by atoms with E-state index in [2.05, 4.69) is 4.89 Å². The van der Waals surface area contributed by atoms with Gasteiger partial charge in [0.15, 0.2) is 0 Å². The molecule has 4 atom stereocenters. The molecule has 2 saturated heterocycles. The summed E-state index contributed by atoms with van der Waals surface area (Å²) in [6, 6.07) is 25.2. The van der Waals surface area contributed by atoms with Crippen molar-refractivity contribution in [2.24, 2.45) is 0 Å². The summed E-state index contributed by atoms with van der Waals surface area (Å²) in [6.07, 6.45) is 10.7. The van der Waals surface area contributed by atoms with Gasteiger partial charge in [0, 0.05) is 70.5 Å². The molecule has 0 aliphatic carbocycles. The Hall–Kier alpha value is -0.987. The average Bonchev–Trinajstić information content (AvgIpc) is 4.18. The smallest absolute Gasteiger partial charge is 1.00 e. The van der Waals surface area contributed by atoms with Crippen LogP contribution in [-0.4, -0.2) is 77.4 Å². The zero-order chi connectivity index (χ0) is 46.6. The van der Waals surface area contributed by atoms with E-state index in [1.165, 1.54) is 30.8 Å². The third kappa shape index (κ3) is 19.2. The van der Waals surface area contributed by atoms with E-state index in [0.717, 1.165) is 48.7 Å². The minimum absolute atomic E-state index is 0. The van der Waals surface area contributed by atoms with Crippen LogP contribution in [0.5, 0.6) is 0 Å². The zero-order valence-electron chi connectivity index (χ0n) is 38.7. The molecule has 0 bridgehead atoms. The number of carbonyl (C=O) groups excluding carboxylic acids is 6. The number of aliphatic carboxylic acids is 1. The minimum atomic E-state index is -0.824. The molecule has 2 fully saturated rings. The number of fused-ring (bicyclic) bond motifs is 2. The quantitative estimate of drug-likeness (QED) is 0.0155. The number of unbranched alkanes of at least 4 members (excludes halogenated alkanes) is 2. The van der Waals surface area contributed by atoms with E-state index in [4.69, 9.17) is 31.5 Å². The van der Waals surface area contributed by atoms with Gasteiger partial charge in [-0.2, -0.15) is 0 Å². The Morgan fingerprint density at radius 3 is 1.54 bits per heavy atom. The molecule has 6 heterocycles. The van der Waals surface area contributed by atoms with E-state index in [9.17, 15) is 28.8 Å². The summed E-state index contributed by atoms with van der Waals surface area (Å²) in [6.45, 7) is 0.981. The summed E-state index contributed by atoms with van der Waals surface area (Å²) in [5.41, 5.74) is 3.87. The second-order valence-corrected chi connectivity index (χ2v) is 21.5. The number of ether oxygens (including phenoxy) is 1. The fraction of sp³-hybridized carbons (Fsp3) is 0.426. The van der Waals surface area contributed by atoms with Crippen LogP contribution in [0.15, 0.2) is 84.9 Å². The third-order valence-corrected chi connectivity index (χ3v) is 17.4. The van der Waals surface area contributed by atoms with Crippen LogP contribution < -0.4 is 108 Å². The number of carbonyl (C=O) groups is 7. The van der Waals surface area contributed by atoms with Crippen LogP contribution in [0.4, 0.5) is 0 Å². The predicted molar refractivity (Wildman–Crippen MR) is 255 cm³/mol. The van der Waals surface area contributed by atoms with E-state index in [-0.39, 0.29) is 134 Å². The molecule has 2 aromatic heterocycles. The van der Waals surface area contributed by atoms with Gasteiger partial charge in [0.25, 0.3) is 6.47 Å². The Morgan fingerprint density at radius 1 is 0.672 bits per heavy atom. The number of hydrogen-bond acceptors (Lipinski definition) is 14. The van der Waals surface area contributed by atoms with Crippen LogP contribution in [0.25, 0.3) is 0 Å². The van der Waals surface area contributed by atoms with Crippen LogP contribution >= 0.6 is 54.8 Å². The first-order valence-electron chi connectivity index (χ1n) is 21.5. The molecule has 0 amide bonds. The molecule has 2 aromatic carbocycles. The molecule has 0 saturated carbocycles. The van der Waals surface area contributed by atoms with Crippen molar-refractivity contribution in [2.45, 2.75) is 112 Å². The Bertz CT molecular complexity index is 2230. The molecule has 0 radical (unpaired) electrons. The minimum Gasteiger partial charge on any atom is -1.00 e. The van der Waals surface area contributed by atoms with Crippen molar-refractivity contribution in [3.8, 4) is 0 Å². The van der Waals surface area contributed by atoms with E-state index in [1.807, 2.05) is 88.7 Å². The monoisotopic (exact) mass is 1060 g/mol. The molecule has 1 N–H and O–H groups in total. The van der Waals surface area contributed by atoms with Crippen molar-refractivity contribution < 1.29 is 158 Å². The Morgan fingerprint density at radius 2 is 1.12 bits per heavy atom. The molecule has 8 rings (SSSR count). The predicted octanol–water partition coefficient (Wildman–Crippen LogP) is 3.30. The summed E-state index contributed by atoms with van der Waals surface area (Å²) in [5.74, 6) is -0.357. The van der Waals surface area contributed by atoms with E-state index < -0.39 is 29.7 Å². The number of nitrogens with zero attached hydrogens (tertiary/aromatic N) is 2. The van der Waals surface area contributed by atoms with E-state index in [1.54, 1.807) is 48.5 Å². The van der Waals surface area contributed by atoms with Gasteiger partial charge in [0.05, 0.1) is 23.2 Å². The van der Waals surface area contributed by atoms with Crippen molar-refractivity contribution in [2.75, 3.05) is 11.5 Å². The van der Waals surface area contributed by atoms with Crippen LogP contribution in [0.3, 0.4) is 0 Å². The first-order chi connectivity index (χ1) is 31.5. The summed E-state index contributed by atoms with van der Waals surface area (Å²) in [7, 11) is 7.84. The number of ketones is 2. The van der Waals surface area contributed by atoms with Crippen molar-refractivity contribution in [1.29, 1.82) is 0 Å². The van der Waals surface area contributed by atoms with Crippen molar-refractivity contribution >= 4 is 96.0 Å². The van der Waals surface area contributed by atoms with Gasteiger partial charge in [-0.25, -0.2) is 0 Å². The molecule has 350 valence electrons. The molecule has 4 aromatic rings. The van der Waals surface area contributed by atoms with E-state index >= 15 is 0 Å². The van der Waals surface area contributed by atoms with Gasteiger partial charge in [0.1, 0.15) is 0 Å². The molecule has 0 spiro atoms. The van der Waals surface area contributed by atoms with Gasteiger partial charge >= 0.3 is 121 Å². The molecule has 13 nitrogen and oxygen atoms in total. The van der Waals surface area contributed by atoms with E-state index in [0.29, 0.717) is 60.1 Å². The Labute approximate surface area is 498 Å². The van der Waals surface area contributed by atoms with Crippen molar-refractivity contribution in [3.63, 3.8) is 0 Å². The molecular formula is C47H53ClK2N2O11S4. The zero-order valence-corrected chi connectivity index (χ0v) is 48.0. The second kappa shape index (κ2) is 32.9. The van der Waals surface area contributed by atoms with Gasteiger partial charge < -0.3 is 30.5 Å². The number of carboxylic acid groups (broad SMARTS) is 1. The summed E-state index contributed by atoms with van der Waals surface area (Å²) in [5, 5.41) is 18.9. The van der Waals surface area contributed by atoms with Crippen LogP contribution in [-0.2, 0) is 46.7 Å². The molecular weight excluding hydrogens is 1010 g/mol. The van der Waals surface area contributed by atoms with Crippen LogP contribution in [0, 0.1) is 0 Å². The van der Waals surface area contributed by atoms with Gasteiger partial charge in [-0.1, -0.05) is 117 Å². The number of benzene rings is 2. The fourth-order valence-electron chi connectivity index (χ4n) is 7.89. The van der Waals surface area contributed by atoms with Crippen molar-refractivity contribution in [3.05, 3.63) is 119 Å². The molecule has 20 heteroatoms. The van der Waals surface area contributed by atoms with Gasteiger partial charge in [-0.3, -0.25) is 33.6 Å². The number of carboxylic acids is 1. The maximum Gasteiger partial charge on any atom is 1.00 e. The number of aromatic nitrogens is 2. The van der Waals surface area contributed by atoms with Crippen LogP contribution in [0.2, 0.25) is 0 Å². The van der Waals surface area contributed by atoms with Crippen LogP contribution in [0.1, 0.15) is 134 Å². The SMILES string of the molecule is O=C(CCCC[C@@H]1CCSS1)OC(=O)C1CCn2c(C(=O)c3ccccc3)ccc21.O=C(Cl)CCCC[C@@H]1CCSS1.O=C(c1ccccc1)c1ccc2n1CCC2C(=O)O.O=CO[O-].[H-].[K+].[K+]. The van der Waals surface area contributed by atoms with Gasteiger partial charge in [0.2, 0.25) is 16.8 Å². The van der Waals surface area contributed by atoms with Crippen molar-refractivity contribution in [1.82, 2.24) is 9.13 Å². The molecule has 2 unspecified atom stereocenters. The Balaban J connectivity index is 0.000000358. The topological polar surface area (TPSA) is 191 Å². The molecule has 67 heavy (non-hydrogen) atoms. The Kier molecular flexibility index (Phi) is 29.6. The number of esters is 2.